The Morgan fingerprint density at radius 3 is 1.67 bits per heavy atom. The molecule has 0 aromatic heterocycles. The molecule has 0 unspecified atom stereocenters. The third-order valence-corrected chi connectivity index (χ3v) is 6.13. The van der Waals surface area contributed by atoms with E-state index in [4.69, 9.17) is 0 Å². The molecule has 0 bridgehead atoms. The number of carbonyl (C=O) groups is 2. The molecule has 30 heavy (non-hydrogen) atoms. The zero-order valence-corrected chi connectivity index (χ0v) is 21.4. The Hall–Kier alpha value is -1.46. The molecule has 4 amide bonds. The Bertz CT molecular complexity index is 570. The van der Waals surface area contributed by atoms with Crippen LogP contribution in [0.4, 0.5) is 9.59 Å². The van der Waals surface area contributed by atoms with Gasteiger partial charge >= 0.3 is 12.1 Å². The first kappa shape index (κ1) is 26.6. The van der Waals surface area contributed by atoms with Gasteiger partial charge in [0, 0.05) is 36.8 Å². The van der Waals surface area contributed by atoms with Gasteiger partial charge in [-0.25, -0.2) is 9.59 Å². The Morgan fingerprint density at radius 1 is 0.800 bits per heavy atom. The maximum atomic E-state index is 13.0. The van der Waals surface area contributed by atoms with Crippen molar-refractivity contribution in [2.45, 2.75) is 126 Å². The van der Waals surface area contributed by atoms with Crippen LogP contribution in [0, 0.1) is 10.8 Å². The van der Waals surface area contributed by atoms with Gasteiger partial charge in [0.2, 0.25) is 0 Å². The van der Waals surface area contributed by atoms with Gasteiger partial charge in [0.25, 0.3) is 0 Å². The van der Waals surface area contributed by atoms with Gasteiger partial charge in [0.1, 0.15) is 0 Å². The number of nitrogens with one attached hydrogen (secondary N) is 2. The van der Waals surface area contributed by atoms with Crippen LogP contribution in [0.1, 0.15) is 95.4 Å². The summed E-state index contributed by atoms with van der Waals surface area (Å²) in [6.07, 6.45) is 2.85. The summed E-state index contributed by atoms with van der Waals surface area (Å²) in [5, 5.41) is 6.49. The molecular formula is C24H48N4O2. The number of urea groups is 2. The molecule has 0 aromatic carbocycles. The Balaban J connectivity index is 2.88. The van der Waals surface area contributed by atoms with Crippen LogP contribution in [0.3, 0.4) is 0 Å². The second-order valence-corrected chi connectivity index (χ2v) is 11.6. The fraction of sp³-hybridized carbons (Fsp3) is 0.917. The minimum atomic E-state index is -0.0600. The van der Waals surface area contributed by atoms with Gasteiger partial charge in [-0.2, -0.15) is 0 Å². The second-order valence-electron chi connectivity index (χ2n) is 11.6. The molecular weight excluding hydrogens is 376 g/mol. The molecule has 6 nitrogen and oxygen atoms in total. The van der Waals surface area contributed by atoms with Crippen molar-refractivity contribution >= 4 is 12.1 Å². The summed E-state index contributed by atoms with van der Waals surface area (Å²) < 4.78 is 0. The Kier molecular flexibility index (Phi) is 9.06. The first-order chi connectivity index (χ1) is 13.6. The van der Waals surface area contributed by atoms with Crippen LogP contribution in [0.15, 0.2) is 0 Å². The van der Waals surface area contributed by atoms with Crippen molar-refractivity contribution in [3.63, 3.8) is 0 Å². The predicted molar refractivity (Wildman–Crippen MR) is 126 cm³/mol. The lowest BCUT2D eigenvalue weighted by atomic mass is 9.62. The van der Waals surface area contributed by atoms with E-state index >= 15 is 0 Å². The van der Waals surface area contributed by atoms with Crippen LogP contribution in [0.5, 0.6) is 0 Å². The summed E-state index contributed by atoms with van der Waals surface area (Å²) in [7, 11) is 0. The van der Waals surface area contributed by atoms with Crippen LogP contribution in [0.2, 0.25) is 0 Å². The largest absolute Gasteiger partial charge is 0.337 e. The average Bonchev–Trinajstić information content (AvgIpc) is 2.49. The highest BCUT2D eigenvalue weighted by Gasteiger charge is 2.42. The van der Waals surface area contributed by atoms with E-state index in [0.717, 1.165) is 19.3 Å². The molecule has 1 fully saturated rings. The van der Waals surface area contributed by atoms with E-state index in [9.17, 15) is 9.59 Å². The molecule has 0 heterocycles. The van der Waals surface area contributed by atoms with E-state index < -0.39 is 0 Å². The van der Waals surface area contributed by atoms with Gasteiger partial charge in [-0.3, -0.25) is 0 Å². The van der Waals surface area contributed by atoms with Crippen molar-refractivity contribution in [2.24, 2.45) is 10.8 Å². The summed E-state index contributed by atoms with van der Waals surface area (Å²) in [4.78, 5) is 29.6. The van der Waals surface area contributed by atoms with E-state index in [1.165, 1.54) is 0 Å². The second kappa shape index (κ2) is 10.2. The molecule has 1 saturated carbocycles. The van der Waals surface area contributed by atoms with Crippen LogP contribution in [-0.2, 0) is 0 Å². The van der Waals surface area contributed by atoms with Crippen molar-refractivity contribution in [3.8, 4) is 0 Å². The fourth-order valence-electron chi connectivity index (χ4n) is 5.63. The lowest BCUT2D eigenvalue weighted by Gasteiger charge is -2.47. The van der Waals surface area contributed by atoms with Gasteiger partial charge in [-0.1, -0.05) is 20.8 Å². The topological polar surface area (TPSA) is 64.7 Å². The normalized spacial score (nSPS) is 23.8. The molecule has 0 radical (unpaired) electrons. The monoisotopic (exact) mass is 424 g/mol. The predicted octanol–water partition coefficient (Wildman–Crippen LogP) is 5.23. The molecule has 1 aliphatic rings. The number of hydrogen-bond donors (Lipinski definition) is 2. The molecule has 1 rings (SSSR count). The number of rotatable bonds is 7. The fourth-order valence-corrected chi connectivity index (χ4v) is 5.63. The highest BCUT2D eigenvalue weighted by molar-refractivity contribution is 5.75. The molecule has 0 aromatic rings. The summed E-state index contributed by atoms with van der Waals surface area (Å²) in [6, 6.07) is 0.748. The van der Waals surface area contributed by atoms with Crippen molar-refractivity contribution in [1.82, 2.24) is 20.4 Å². The van der Waals surface area contributed by atoms with Gasteiger partial charge in [-0.15, -0.1) is 0 Å². The average molecular weight is 425 g/mol. The van der Waals surface area contributed by atoms with E-state index in [-0.39, 0.29) is 53.1 Å². The van der Waals surface area contributed by atoms with E-state index in [0.29, 0.717) is 6.54 Å². The van der Waals surface area contributed by atoms with Crippen molar-refractivity contribution in [3.05, 3.63) is 0 Å². The molecule has 1 aliphatic carbocycles. The maximum absolute atomic E-state index is 13.0. The highest BCUT2D eigenvalue weighted by Crippen LogP contribution is 2.45. The van der Waals surface area contributed by atoms with Crippen molar-refractivity contribution in [2.75, 3.05) is 6.54 Å². The summed E-state index contributed by atoms with van der Waals surface area (Å²) in [6.45, 7) is 23.8. The SMILES string of the molecule is CC(C)N(C(=O)NC[C@]1(C)C[C@@H](NC(=O)N(C(C)C)C(C)C)CC(C)(C)C1)C(C)C. The van der Waals surface area contributed by atoms with Gasteiger partial charge in [0.15, 0.2) is 0 Å². The molecule has 2 N–H and O–H groups in total. The third-order valence-electron chi connectivity index (χ3n) is 6.13. The maximum Gasteiger partial charge on any atom is 0.318 e. The molecule has 0 spiro atoms. The number of carbonyl (C=O) groups excluding carboxylic acids is 2. The van der Waals surface area contributed by atoms with E-state index in [1.807, 2.05) is 37.5 Å². The van der Waals surface area contributed by atoms with Crippen molar-refractivity contribution in [1.29, 1.82) is 0 Å². The van der Waals surface area contributed by atoms with Crippen LogP contribution >= 0.6 is 0 Å². The van der Waals surface area contributed by atoms with Crippen LogP contribution in [-0.4, -0.2) is 58.6 Å². The van der Waals surface area contributed by atoms with Gasteiger partial charge in [0.05, 0.1) is 0 Å². The minimum absolute atomic E-state index is 0.00372. The van der Waals surface area contributed by atoms with Crippen molar-refractivity contribution < 1.29 is 9.59 Å². The lowest BCUT2D eigenvalue weighted by molar-refractivity contribution is 0.0675. The summed E-state index contributed by atoms with van der Waals surface area (Å²) >= 11 is 0. The summed E-state index contributed by atoms with van der Waals surface area (Å²) in [5.41, 5.74) is 0.0431. The standard InChI is InChI=1S/C24H48N4O2/c1-16(2)27(17(3)4)21(29)25-15-24(11)13-20(12-23(9,10)14-24)26-22(30)28(18(5)6)19(7)8/h16-20H,12-15H2,1-11H3,(H,25,29)(H,26,30)/t20-,24+/m0/s1. The molecule has 2 atom stereocenters. The van der Waals surface area contributed by atoms with Crippen LogP contribution in [0.25, 0.3) is 0 Å². The zero-order chi connectivity index (χ0) is 23.4. The summed E-state index contributed by atoms with van der Waals surface area (Å²) in [5.74, 6) is 0. The number of nitrogens with zero attached hydrogens (tertiary/aromatic N) is 2. The smallest absolute Gasteiger partial charge is 0.318 e. The van der Waals surface area contributed by atoms with E-state index in [2.05, 4.69) is 59.1 Å². The molecule has 176 valence electrons. The van der Waals surface area contributed by atoms with E-state index in [1.54, 1.807) is 0 Å². The third kappa shape index (κ3) is 7.35. The zero-order valence-electron chi connectivity index (χ0n) is 21.4. The first-order valence-corrected chi connectivity index (χ1v) is 11.7. The molecule has 0 saturated heterocycles. The number of amides is 4. The highest BCUT2D eigenvalue weighted by atomic mass is 16.2. The minimum Gasteiger partial charge on any atom is -0.337 e. The van der Waals surface area contributed by atoms with Gasteiger partial charge < -0.3 is 20.4 Å². The molecule has 6 heteroatoms. The Morgan fingerprint density at radius 2 is 1.23 bits per heavy atom. The lowest BCUT2D eigenvalue weighted by Crippen LogP contribution is -2.56. The molecule has 0 aliphatic heterocycles. The van der Waals surface area contributed by atoms with Crippen LogP contribution < -0.4 is 10.6 Å². The Labute approximate surface area is 185 Å². The quantitative estimate of drug-likeness (QED) is 0.588. The first-order valence-electron chi connectivity index (χ1n) is 11.7. The number of hydrogen-bond acceptors (Lipinski definition) is 2. The van der Waals surface area contributed by atoms with Gasteiger partial charge in [-0.05, 0) is 85.5 Å².